The average molecular weight is 596 g/mol. The van der Waals surface area contributed by atoms with E-state index in [1.165, 1.54) is 32.4 Å². The fraction of sp³-hybridized carbons (Fsp3) is 0.394. The normalized spacial score (nSPS) is 22.1. The van der Waals surface area contributed by atoms with Crippen LogP contribution in [0.15, 0.2) is 60.7 Å². The van der Waals surface area contributed by atoms with Gasteiger partial charge in [-0.2, -0.15) is 0 Å². The molecule has 1 fully saturated rings. The molecule has 3 aromatic carbocycles. The van der Waals surface area contributed by atoms with Crippen molar-refractivity contribution in [2.24, 2.45) is 11.1 Å². The van der Waals surface area contributed by atoms with Crippen LogP contribution in [0.2, 0.25) is 5.02 Å². The molecule has 4 atom stereocenters. The summed E-state index contributed by atoms with van der Waals surface area (Å²) in [6, 6.07) is 15.8. The predicted octanol–water partition coefficient (Wildman–Crippen LogP) is 5.98. The largest absolute Gasteiger partial charge is 0.495 e. The number of nitrogens with two attached hydrogens (primary N) is 1. The number of aryl methyl sites for hydroxylation is 1. The van der Waals surface area contributed by atoms with Crippen LogP contribution in [0.25, 0.3) is 0 Å². The zero-order valence-electron chi connectivity index (χ0n) is 24.9. The average Bonchev–Trinajstić information content (AvgIpc) is 3.27. The van der Waals surface area contributed by atoms with Crippen molar-refractivity contribution in [2.45, 2.75) is 57.5 Å². The molecule has 4 N–H and O–H groups in total. The first-order chi connectivity index (χ1) is 19.9. The second-order valence-corrected chi connectivity index (χ2v) is 12.5. The highest BCUT2D eigenvalue weighted by Gasteiger charge is 2.59. The Balaban J connectivity index is 1.90. The minimum Gasteiger partial charge on any atom is -0.495 e. The van der Waals surface area contributed by atoms with E-state index in [9.17, 15) is 9.59 Å². The number of benzene rings is 3. The Labute approximate surface area is 251 Å². The van der Waals surface area contributed by atoms with E-state index in [0.717, 1.165) is 11.1 Å². The van der Waals surface area contributed by atoms with E-state index in [2.05, 4.69) is 31.4 Å². The van der Waals surface area contributed by atoms with Crippen molar-refractivity contribution in [1.29, 1.82) is 0 Å². The summed E-state index contributed by atoms with van der Waals surface area (Å²) < 4.78 is 26.2. The summed E-state index contributed by atoms with van der Waals surface area (Å²) in [5.41, 5.74) is 8.37. The van der Waals surface area contributed by atoms with Gasteiger partial charge in [0.25, 0.3) is 0 Å². The number of ether oxygens (including phenoxy) is 2. The molecular formula is C33H39ClFN3O4. The van der Waals surface area contributed by atoms with Gasteiger partial charge in [-0.3, -0.25) is 4.79 Å². The molecule has 1 heterocycles. The maximum atomic E-state index is 15.9. The number of carbonyl (C=O) groups excluding carboxylic acids is 2. The second kappa shape index (κ2) is 12.4. The molecule has 1 aliphatic rings. The van der Waals surface area contributed by atoms with Gasteiger partial charge >= 0.3 is 5.97 Å². The number of hydrogen-bond acceptors (Lipinski definition) is 6. The number of rotatable bonds is 8. The summed E-state index contributed by atoms with van der Waals surface area (Å²) in [5.74, 6) is -1.54. The van der Waals surface area contributed by atoms with Crippen molar-refractivity contribution in [3.05, 3.63) is 93.8 Å². The van der Waals surface area contributed by atoms with Crippen molar-refractivity contribution in [3.63, 3.8) is 0 Å². The van der Waals surface area contributed by atoms with Gasteiger partial charge < -0.3 is 25.8 Å². The zero-order chi connectivity index (χ0) is 30.8. The first-order valence-electron chi connectivity index (χ1n) is 13.9. The highest BCUT2D eigenvalue weighted by molar-refractivity contribution is 6.30. The summed E-state index contributed by atoms with van der Waals surface area (Å²) in [5, 5.41) is 6.97. The number of carbonyl (C=O) groups is 2. The predicted molar refractivity (Wildman–Crippen MR) is 164 cm³/mol. The topological polar surface area (TPSA) is 103 Å². The van der Waals surface area contributed by atoms with E-state index in [-0.39, 0.29) is 29.5 Å². The second-order valence-electron chi connectivity index (χ2n) is 12.1. The van der Waals surface area contributed by atoms with Crippen LogP contribution in [-0.4, -0.2) is 44.7 Å². The van der Waals surface area contributed by atoms with Crippen LogP contribution in [-0.2, 0) is 14.9 Å². The Bertz CT molecular complexity index is 1470. The third-order valence-electron chi connectivity index (χ3n) is 8.16. The molecule has 0 spiro atoms. The fourth-order valence-electron chi connectivity index (χ4n) is 6.29. The number of amides is 1. The third-order valence-corrected chi connectivity index (χ3v) is 8.40. The number of hydrogen-bond donors (Lipinski definition) is 3. The van der Waals surface area contributed by atoms with Gasteiger partial charge in [-0.25, -0.2) is 9.18 Å². The number of nitrogens with one attached hydrogen (secondary N) is 2. The van der Waals surface area contributed by atoms with Gasteiger partial charge in [-0.05, 0) is 71.8 Å². The zero-order valence-corrected chi connectivity index (χ0v) is 25.6. The molecule has 1 aliphatic heterocycles. The number of anilines is 1. The van der Waals surface area contributed by atoms with Gasteiger partial charge in [0.15, 0.2) is 0 Å². The Hall–Kier alpha value is -3.46. The summed E-state index contributed by atoms with van der Waals surface area (Å²) >= 11 is 6.45. The molecule has 0 saturated carbocycles. The number of esters is 1. The lowest BCUT2D eigenvalue weighted by atomic mass is 9.61. The smallest absolute Gasteiger partial charge is 0.337 e. The molecule has 4 rings (SSSR count). The Morgan fingerprint density at radius 2 is 1.81 bits per heavy atom. The molecule has 1 saturated heterocycles. The van der Waals surface area contributed by atoms with Crippen molar-refractivity contribution in [1.82, 2.24) is 5.32 Å². The highest BCUT2D eigenvalue weighted by Crippen LogP contribution is 2.52. The van der Waals surface area contributed by atoms with Gasteiger partial charge in [0.05, 0.1) is 31.5 Å². The molecule has 3 aromatic rings. The summed E-state index contributed by atoms with van der Waals surface area (Å²) in [7, 11) is 2.75. The summed E-state index contributed by atoms with van der Waals surface area (Å²) in [6.45, 7) is 8.36. The molecule has 0 radical (unpaired) electrons. The molecule has 1 amide bonds. The van der Waals surface area contributed by atoms with Crippen molar-refractivity contribution >= 4 is 29.2 Å². The van der Waals surface area contributed by atoms with Crippen molar-refractivity contribution < 1.29 is 23.5 Å². The minimum absolute atomic E-state index is 0.0674. The van der Waals surface area contributed by atoms with Crippen LogP contribution in [0.4, 0.5) is 10.1 Å². The summed E-state index contributed by atoms with van der Waals surface area (Å²) in [6.07, 6.45) is 0.611. The quantitative estimate of drug-likeness (QED) is 0.277. The molecule has 0 unspecified atom stereocenters. The first kappa shape index (κ1) is 31.5. The van der Waals surface area contributed by atoms with E-state index in [0.29, 0.717) is 28.4 Å². The maximum absolute atomic E-state index is 15.9. The van der Waals surface area contributed by atoms with Crippen LogP contribution in [0.1, 0.15) is 60.2 Å². The maximum Gasteiger partial charge on any atom is 0.337 e. The SMILES string of the molecule is COC(=O)c1ccc(NC(=O)[C@@H]2N[C@@H](CC(C)(C)C)[C@](CN)(c3cc(Cl)ccc3F)[C@@H]2c2ccccc2C)c(OC)c1. The summed E-state index contributed by atoms with van der Waals surface area (Å²) in [4.78, 5) is 26.3. The molecular weight excluding hydrogens is 557 g/mol. The van der Waals surface area contributed by atoms with E-state index in [1.54, 1.807) is 18.2 Å². The lowest BCUT2D eigenvalue weighted by Gasteiger charge is -2.42. The van der Waals surface area contributed by atoms with Crippen molar-refractivity contribution in [2.75, 3.05) is 26.1 Å². The van der Waals surface area contributed by atoms with E-state index >= 15 is 4.39 Å². The monoisotopic (exact) mass is 595 g/mol. The highest BCUT2D eigenvalue weighted by atomic mass is 35.5. The van der Waals surface area contributed by atoms with Gasteiger partial charge in [-0.1, -0.05) is 56.6 Å². The first-order valence-corrected chi connectivity index (χ1v) is 14.3. The standard InChI is InChI=1S/C33H39ClFN3O4/c1-19-9-7-8-10-22(19)28-29(30(39)37-25-14-11-20(31(40)42-6)15-26(25)41-5)38-27(17-32(2,3)4)33(28,18-36)23-16-21(34)12-13-24(23)35/h7-16,27-29,38H,17-18,36H2,1-6H3,(H,37,39)/t27-,28+,29+,33-/m0/s1. The van der Waals surface area contributed by atoms with E-state index in [4.69, 9.17) is 26.8 Å². The van der Waals surface area contributed by atoms with Gasteiger partial charge in [0.1, 0.15) is 11.6 Å². The van der Waals surface area contributed by atoms with Crippen LogP contribution < -0.4 is 21.1 Å². The van der Waals surface area contributed by atoms with Gasteiger partial charge in [0, 0.05) is 28.9 Å². The Morgan fingerprint density at radius 1 is 1.10 bits per heavy atom. The molecule has 0 aliphatic carbocycles. The lowest BCUT2D eigenvalue weighted by Crippen LogP contribution is -2.50. The molecule has 7 nitrogen and oxygen atoms in total. The molecule has 9 heteroatoms. The lowest BCUT2D eigenvalue weighted by molar-refractivity contribution is -0.118. The fourth-order valence-corrected chi connectivity index (χ4v) is 6.46. The molecule has 0 bridgehead atoms. The van der Waals surface area contributed by atoms with Crippen LogP contribution >= 0.6 is 11.6 Å². The van der Waals surface area contributed by atoms with Gasteiger partial charge in [-0.15, -0.1) is 0 Å². The number of halogens is 2. The van der Waals surface area contributed by atoms with Crippen molar-refractivity contribution in [3.8, 4) is 5.75 Å². The van der Waals surface area contributed by atoms with E-state index < -0.39 is 29.2 Å². The van der Waals surface area contributed by atoms with Crippen LogP contribution in [0, 0.1) is 18.2 Å². The third kappa shape index (κ3) is 6.02. The van der Waals surface area contributed by atoms with Crippen LogP contribution in [0.3, 0.4) is 0 Å². The minimum atomic E-state index is -1.02. The molecule has 42 heavy (non-hydrogen) atoms. The van der Waals surface area contributed by atoms with E-state index in [1.807, 2.05) is 31.2 Å². The molecule has 0 aromatic heterocycles. The number of methoxy groups -OCH3 is 2. The Kier molecular flexibility index (Phi) is 9.30. The van der Waals surface area contributed by atoms with Crippen LogP contribution in [0.5, 0.6) is 5.75 Å². The van der Waals surface area contributed by atoms with Gasteiger partial charge in [0.2, 0.25) is 5.91 Å². The Morgan fingerprint density at radius 3 is 2.43 bits per heavy atom. The molecule has 224 valence electrons.